The number of carboxylic acids is 1. The zero-order chi connectivity index (χ0) is 14.3. The molecule has 0 aromatic heterocycles. The molecular formula is C14H25NO4. The van der Waals surface area contributed by atoms with Crippen molar-refractivity contribution in [2.24, 2.45) is 5.92 Å². The Morgan fingerprint density at radius 1 is 1.32 bits per heavy atom. The first kappa shape index (κ1) is 16.0. The smallest absolute Gasteiger partial charge is 0.322 e. The average Bonchev–Trinajstić information content (AvgIpc) is 2.43. The zero-order valence-corrected chi connectivity index (χ0v) is 11.9. The lowest BCUT2D eigenvalue weighted by Crippen LogP contribution is -2.46. The van der Waals surface area contributed by atoms with Gasteiger partial charge in [0.15, 0.2) is 0 Å². The van der Waals surface area contributed by atoms with E-state index in [-0.39, 0.29) is 5.97 Å². The number of methoxy groups -OCH3 is 1. The highest BCUT2D eigenvalue weighted by molar-refractivity contribution is 5.78. The second-order valence-corrected chi connectivity index (χ2v) is 5.38. The number of ether oxygens (including phenoxy) is 1. The van der Waals surface area contributed by atoms with Gasteiger partial charge < -0.3 is 9.84 Å². The van der Waals surface area contributed by atoms with Crippen LogP contribution in [-0.4, -0.2) is 36.2 Å². The Balaban J connectivity index is 2.44. The van der Waals surface area contributed by atoms with Gasteiger partial charge >= 0.3 is 11.9 Å². The first-order chi connectivity index (χ1) is 9.04. The fourth-order valence-electron chi connectivity index (χ4n) is 2.66. The van der Waals surface area contributed by atoms with E-state index in [1.165, 1.54) is 39.2 Å². The molecular weight excluding hydrogens is 246 g/mol. The molecule has 0 aliphatic heterocycles. The van der Waals surface area contributed by atoms with E-state index in [1.54, 1.807) is 6.92 Å². The van der Waals surface area contributed by atoms with E-state index in [0.717, 1.165) is 6.42 Å². The summed E-state index contributed by atoms with van der Waals surface area (Å²) in [6.45, 7) is 1.54. The molecule has 0 bridgehead atoms. The van der Waals surface area contributed by atoms with Crippen LogP contribution in [0.4, 0.5) is 0 Å². The summed E-state index contributed by atoms with van der Waals surface area (Å²) in [5, 5.41) is 11.7. The van der Waals surface area contributed by atoms with Crippen LogP contribution in [0.15, 0.2) is 0 Å². The zero-order valence-electron chi connectivity index (χ0n) is 11.9. The first-order valence-electron chi connectivity index (χ1n) is 7.11. The highest BCUT2D eigenvalue weighted by Gasteiger charge is 2.25. The highest BCUT2D eigenvalue weighted by Crippen LogP contribution is 2.27. The van der Waals surface area contributed by atoms with Crippen molar-refractivity contribution in [3.05, 3.63) is 0 Å². The topological polar surface area (TPSA) is 75.6 Å². The number of hydrogen-bond donors (Lipinski definition) is 2. The standard InChI is InChI=1S/C14H25NO4/c1-10(13(16)17)15-12(14(18)19-2)9-8-11-6-4-3-5-7-11/h10-12,15H,3-9H2,1-2H3,(H,16,17)/t10-,12-/m0/s1. The van der Waals surface area contributed by atoms with Crippen LogP contribution in [0.2, 0.25) is 0 Å². The molecule has 0 heterocycles. The number of nitrogens with one attached hydrogen (secondary N) is 1. The van der Waals surface area contributed by atoms with Crippen molar-refractivity contribution in [3.63, 3.8) is 0 Å². The molecule has 5 heteroatoms. The number of carboxylic acid groups (broad SMARTS) is 1. The van der Waals surface area contributed by atoms with Crippen molar-refractivity contribution in [1.82, 2.24) is 5.32 Å². The molecule has 0 amide bonds. The number of hydrogen-bond acceptors (Lipinski definition) is 4. The fourth-order valence-corrected chi connectivity index (χ4v) is 2.66. The minimum absolute atomic E-state index is 0.371. The largest absolute Gasteiger partial charge is 0.480 e. The van der Waals surface area contributed by atoms with Gasteiger partial charge in [0.05, 0.1) is 7.11 Å². The van der Waals surface area contributed by atoms with E-state index >= 15 is 0 Å². The lowest BCUT2D eigenvalue weighted by molar-refractivity contribution is -0.145. The van der Waals surface area contributed by atoms with Gasteiger partial charge in [-0.25, -0.2) is 0 Å². The van der Waals surface area contributed by atoms with Gasteiger partial charge in [-0.2, -0.15) is 0 Å². The van der Waals surface area contributed by atoms with Crippen molar-refractivity contribution in [3.8, 4) is 0 Å². The summed E-state index contributed by atoms with van der Waals surface area (Å²) >= 11 is 0. The highest BCUT2D eigenvalue weighted by atomic mass is 16.5. The van der Waals surface area contributed by atoms with Crippen molar-refractivity contribution in [1.29, 1.82) is 0 Å². The summed E-state index contributed by atoms with van der Waals surface area (Å²) in [7, 11) is 1.34. The summed E-state index contributed by atoms with van der Waals surface area (Å²) in [5.74, 6) is -0.654. The van der Waals surface area contributed by atoms with Gasteiger partial charge in [0.1, 0.15) is 12.1 Å². The number of rotatable bonds is 7. The Hall–Kier alpha value is -1.10. The van der Waals surface area contributed by atoms with Crippen molar-refractivity contribution < 1.29 is 19.4 Å². The molecule has 110 valence electrons. The van der Waals surface area contributed by atoms with Crippen LogP contribution >= 0.6 is 0 Å². The van der Waals surface area contributed by atoms with Crippen LogP contribution in [0.25, 0.3) is 0 Å². The summed E-state index contributed by atoms with van der Waals surface area (Å²) < 4.78 is 4.74. The summed E-state index contributed by atoms with van der Waals surface area (Å²) in [5.41, 5.74) is 0. The second-order valence-electron chi connectivity index (χ2n) is 5.38. The number of carbonyl (C=O) groups is 2. The quantitative estimate of drug-likeness (QED) is 0.692. The number of esters is 1. The van der Waals surface area contributed by atoms with E-state index in [0.29, 0.717) is 12.3 Å². The first-order valence-corrected chi connectivity index (χ1v) is 7.11. The fraction of sp³-hybridized carbons (Fsp3) is 0.857. The molecule has 1 aliphatic carbocycles. The molecule has 0 unspecified atom stereocenters. The Labute approximate surface area is 114 Å². The molecule has 5 nitrogen and oxygen atoms in total. The summed E-state index contributed by atoms with van der Waals surface area (Å²) in [6.07, 6.45) is 7.91. The van der Waals surface area contributed by atoms with E-state index in [2.05, 4.69) is 5.32 Å². The number of carbonyl (C=O) groups excluding carboxylic acids is 1. The van der Waals surface area contributed by atoms with E-state index < -0.39 is 18.1 Å². The third-order valence-corrected chi connectivity index (χ3v) is 3.90. The van der Waals surface area contributed by atoms with Crippen molar-refractivity contribution >= 4 is 11.9 Å². The van der Waals surface area contributed by atoms with E-state index in [1.807, 2.05) is 0 Å². The van der Waals surface area contributed by atoms with Crippen LogP contribution in [0.5, 0.6) is 0 Å². The van der Waals surface area contributed by atoms with Crippen LogP contribution in [0.3, 0.4) is 0 Å². The Kier molecular flexibility index (Phi) is 6.84. The van der Waals surface area contributed by atoms with Gasteiger partial charge in [0.2, 0.25) is 0 Å². The van der Waals surface area contributed by atoms with Gasteiger partial charge in [-0.05, 0) is 25.7 Å². The van der Waals surface area contributed by atoms with Gasteiger partial charge in [-0.3, -0.25) is 14.9 Å². The maximum absolute atomic E-state index is 11.7. The third kappa shape index (κ3) is 5.59. The monoisotopic (exact) mass is 271 g/mol. The molecule has 1 saturated carbocycles. The van der Waals surface area contributed by atoms with E-state index in [4.69, 9.17) is 9.84 Å². The van der Waals surface area contributed by atoms with Crippen molar-refractivity contribution in [2.75, 3.05) is 7.11 Å². The predicted octanol–water partition coefficient (Wildman–Crippen LogP) is 1.95. The second kappa shape index (κ2) is 8.15. The molecule has 2 atom stereocenters. The van der Waals surface area contributed by atoms with Gasteiger partial charge in [-0.1, -0.05) is 32.1 Å². The molecule has 0 radical (unpaired) electrons. The summed E-state index contributed by atoms with van der Waals surface area (Å²) in [4.78, 5) is 22.5. The minimum Gasteiger partial charge on any atom is -0.480 e. The lowest BCUT2D eigenvalue weighted by atomic mass is 9.85. The molecule has 2 N–H and O–H groups in total. The number of aliphatic carboxylic acids is 1. The SMILES string of the molecule is COC(=O)[C@H](CCC1CCCCC1)N[C@@H](C)C(=O)O. The van der Waals surface area contributed by atoms with Crippen LogP contribution in [-0.2, 0) is 14.3 Å². The maximum atomic E-state index is 11.7. The molecule has 0 spiro atoms. The maximum Gasteiger partial charge on any atom is 0.322 e. The molecule has 0 saturated heterocycles. The van der Waals surface area contributed by atoms with Crippen molar-refractivity contribution in [2.45, 2.75) is 64.0 Å². The van der Waals surface area contributed by atoms with Gasteiger partial charge in [-0.15, -0.1) is 0 Å². The lowest BCUT2D eigenvalue weighted by Gasteiger charge is -2.24. The van der Waals surface area contributed by atoms with Crippen LogP contribution < -0.4 is 5.32 Å². The Morgan fingerprint density at radius 2 is 1.95 bits per heavy atom. The minimum atomic E-state index is -0.952. The Bertz CT molecular complexity index is 300. The molecule has 1 fully saturated rings. The molecule has 1 rings (SSSR count). The van der Waals surface area contributed by atoms with Crippen LogP contribution in [0.1, 0.15) is 51.9 Å². The van der Waals surface area contributed by atoms with E-state index in [9.17, 15) is 9.59 Å². The molecule has 0 aromatic rings. The normalized spacial score (nSPS) is 19.7. The molecule has 19 heavy (non-hydrogen) atoms. The van der Waals surface area contributed by atoms with Crippen LogP contribution in [0, 0.1) is 5.92 Å². The third-order valence-electron chi connectivity index (χ3n) is 3.90. The molecule has 1 aliphatic rings. The Morgan fingerprint density at radius 3 is 2.47 bits per heavy atom. The summed E-state index contributed by atoms with van der Waals surface area (Å²) in [6, 6.07) is -1.26. The molecule has 0 aromatic carbocycles. The van der Waals surface area contributed by atoms with Gasteiger partial charge in [0, 0.05) is 0 Å². The predicted molar refractivity (Wildman–Crippen MR) is 71.8 cm³/mol. The average molecular weight is 271 g/mol. The van der Waals surface area contributed by atoms with Gasteiger partial charge in [0.25, 0.3) is 0 Å².